The minimum absolute atomic E-state index is 0.105. The van der Waals surface area contributed by atoms with Crippen molar-refractivity contribution in [3.63, 3.8) is 0 Å². The smallest absolute Gasteiger partial charge is 0.245 e. The van der Waals surface area contributed by atoms with Gasteiger partial charge in [0.1, 0.15) is 12.5 Å². The molecule has 3 heterocycles. The molecule has 1 fully saturated rings. The van der Waals surface area contributed by atoms with Crippen molar-refractivity contribution < 1.29 is 18.3 Å². The molecule has 2 aromatic rings. The lowest BCUT2D eigenvalue weighted by molar-refractivity contribution is -0.0331. The van der Waals surface area contributed by atoms with E-state index >= 15 is 0 Å². The highest BCUT2D eigenvalue weighted by molar-refractivity contribution is 6.74. The van der Waals surface area contributed by atoms with Gasteiger partial charge in [-0.25, -0.2) is 14.4 Å². The van der Waals surface area contributed by atoms with Crippen LogP contribution >= 0.6 is 0 Å². The van der Waals surface area contributed by atoms with Crippen molar-refractivity contribution in [2.24, 2.45) is 0 Å². The third kappa shape index (κ3) is 3.47. The normalized spacial score (nSPS) is 24.3. The van der Waals surface area contributed by atoms with Crippen molar-refractivity contribution in [1.82, 2.24) is 19.5 Å². The van der Waals surface area contributed by atoms with Crippen molar-refractivity contribution in [3.05, 3.63) is 12.7 Å². The number of halogens is 1. The summed E-state index contributed by atoms with van der Waals surface area (Å²) in [6, 6.07) is 0. The number of alkyl halides is 1. The van der Waals surface area contributed by atoms with Crippen molar-refractivity contribution in [2.75, 3.05) is 13.7 Å². The Bertz CT molecular complexity index is 777. The van der Waals surface area contributed by atoms with Crippen molar-refractivity contribution in [3.8, 4) is 5.88 Å². The Morgan fingerprint density at radius 2 is 2.04 bits per heavy atom. The number of ether oxygens (including phenoxy) is 2. The summed E-state index contributed by atoms with van der Waals surface area (Å²) in [5.41, 5.74) is 0.988. The Morgan fingerprint density at radius 1 is 1.31 bits per heavy atom. The molecule has 2 aromatic heterocycles. The van der Waals surface area contributed by atoms with Gasteiger partial charge < -0.3 is 13.9 Å². The molecule has 0 aliphatic carbocycles. The van der Waals surface area contributed by atoms with E-state index in [1.807, 2.05) is 0 Å². The maximum atomic E-state index is 14.7. The molecule has 7 nitrogen and oxygen atoms in total. The van der Waals surface area contributed by atoms with Gasteiger partial charge in [-0.3, -0.25) is 4.57 Å². The predicted octanol–water partition coefficient (Wildman–Crippen LogP) is 3.48. The van der Waals surface area contributed by atoms with E-state index in [4.69, 9.17) is 13.9 Å². The Kier molecular flexibility index (Phi) is 5.06. The van der Waals surface area contributed by atoms with E-state index in [2.05, 4.69) is 48.8 Å². The molecule has 0 bridgehead atoms. The van der Waals surface area contributed by atoms with Crippen LogP contribution in [0, 0.1) is 0 Å². The average Bonchev–Trinajstić information content (AvgIpc) is 3.14. The van der Waals surface area contributed by atoms with Crippen molar-refractivity contribution in [1.29, 1.82) is 0 Å². The molecule has 3 rings (SSSR count). The van der Waals surface area contributed by atoms with Crippen LogP contribution in [0.25, 0.3) is 11.2 Å². The van der Waals surface area contributed by atoms with Gasteiger partial charge in [-0.15, -0.1) is 0 Å². The van der Waals surface area contributed by atoms with E-state index < -0.39 is 20.7 Å². The zero-order valence-electron chi connectivity index (χ0n) is 16.2. The largest absolute Gasteiger partial charge is 0.479 e. The highest BCUT2D eigenvalue weighted by atomic mass is 28.4. The van der Waals surface area contributed by atoms with E-state index in [1.54, 1.807) is 4.57 Å². The lowest BCUT2D eigenvalue weighted by Gasteiger charge is -2.36. The SMILES string of the molecule is COc1ncnc2c1ncn2[C@@H]1O[C@H](CO[Si](C)(C)C(C)(C)C)C[C@H]1F. The van der Waals surface area contributed by atoms with Gasteiger partial charge in [0.15, 0.2) is 25.7 Å². The van der Waals surface area contributed by atoms with Crippen LogP contribution in [-0.2, 0) is 9.16 Å². The molecule has 1 aliphatic rings. The predicted molar refractivity (Wildman–Crippen MR) is 98.4 cm³/mol. The first-order chi connectivity index (χ1) is 12.1. The summed E-state index contributed by atoms with van der Waals surface area (Å²) in [6.07, 6.45) is 0.982. The molecular weight excluding hydrogens is 355 g/mol. The van der Waals surface area contributed by atoms with Crippen LogP contribution in [-0.4, -0.2) is 53.8 Å². The van der Waals surface area contributed by atoms with E-state index in [9.17, 15) is 4.39 Å². The first kappa shape index (κ1) is 19.2. The van der Waals surface area contributed by atoms with Crippen molar-refractivity contribution >= 4 is 19.5 Å². The molecular formula is C17H27FN4O3Si. The molecule has 0 aromatic carbocycles. The first-order valence-corrected chi connectivity index (χ1v) is 11.7. The highest BCUT2D eigenvalue weighted by Crippen LogP contribution is 2.38. The number of rotatable bonds is 5. The van der Waals surface area contributed by atoms with Crippen LogP contribution in [0.4, 0.5) is 4.39 Å². The molecule has 26 heavy (non-hydrogen) atoms. The van der Waals surface area contributed by atoms with Crippen LogP contribution in [0.15, 0.2) is 12.7 Å². The quantitative estimate of drug-likeness (QED) is 0.737. The van der Waals surface area contributed by atoms with E-state index in [1.165, 1.54) is 19.8 Å². The number of hydrogen-bond donors (Lipinski definition) is 0. The summed E-state index contributed by atoms with van der Waals surface area (Å²) in [5, 5.41) is 0.105. The topological polar surface area (TPSA) is 71.3 Å². The standard InChI is InChI=1S/C17H27FN4O3Si/c1-17(2,3)26(5,6)24-8-11-7-12(18)16(25-11)22-10-21-13-14(22)19-9-20-15(13)23-4/h9-12,16H,7-8H2,1-6H3/t11-,12+,16+/m0/s1. The maximum absolute atomic E-state index is 14.7. The molecule has 0 spiro atoms. The van der Waals surface area contributed by atoms with Crippen LogP contribution < -0.4 is 4.74 Å². The van der Waals surface area contributed by atoms with E-state index in [0.29, 0.717) is 30.1 Å². The maximum Gasteiger partial charge on any atom is 0.245 e. The Morgan fingerprint density at radius 3 is 2.69 bits per heavy atom. The number of imidazole rings is 1. The van der Waals surface area contributed by atoms with Crippen LogP contribution in [0.5, 0.6) is 5.88 Å². The molecule has 0 saturated carbocycles. The number of aromatic nitrogens is 4. The monoisotopic (exact) mass is 382 g/mol. The van der Waals surface area contributed by atoms with E-state index in [-0.39, 0.29) is 11.1 Å². The second-order valence-corrected chi connectivity index (χ2v) is 13.0. The van der Waals surface area contributed by atoms with Crippen LogP contribution in [0.1, 0.15) is 33.4 Å². The van der Waals surface area contributed by atoms with Gasteiger partial charge in [0.05, 0.1) is 26.1 Å². The summed E-state index contributed by atoms with van der Waals surface area (Å²) in [7, 11) is -0.385. The van der Waals surface area contributed by atoms with Crippen molar-refractivity contribution in [2.45, 2.75) is 63.8 Å². The fourth-order valence-corrected chi connectivity index (χ4v) is 3.77. The Labute approximate surface area is 154 Å². The molecule has 1 aliphatic heterocycles. The molecule has 0 amide bonds. The lowest BCUT2D eigenvalue weighted by Crippen LogP contribution is -2.42. The Balaban J connectivity index is 1.74. The first-order valence-electron chi connectivity index (χ1n) is 8.79. The molecule has 3 atom stereocenters. The summed E-state index contributed by atoms with van der Waals surface area (Å²) in [6.45, 7) is 11.3. The number of hydrogen-bond acceptors (Lipinski definition) is 6. The summed E-state index contributed by atoms with van der Waals surface area (Å²) < 4.78 is 33.6. The molecule has 0 unspecified atom stereocenters. The number of nitrogens with zero attached hydrogens (tertiary/aromatic N) is 4. The fraction of sp³-hybridized carbons (Fsp3) is 0.706. The highest BCUT2D eigenvalue weighted by Gasteiger charge is 2.41. The zero-order chi connectivity index (χ0) is 19.1. The minimum atomic E-state index is -1.90. The summed E-state index contributed by atoms with van der Waals surface area (Å²) in [5.74, 6) is 0.361. The molecule has 9 heteroatoms. The third-order valence-electron chi connectivity index (χ3n) is 5.36. The van der Waals surface area contributed by atoms with Crippen LogP contribution in [0.3, 0.4) is 0 Å². The van der Waals surface area contributed by atoms with Gasteiger partial charge in [-0.05, 0) is 18.1 Å². The fourth-order valence-electron chi connectivity index (χ4n) is 2.74. The number of methoxy groups -OCH3 is 1. The van der Waals surface area contributed by atoms with Gasteiger partial charge in [-0.1, -0.05) is 20.8 Å². The molecule has 144 valence electrons. The zero-order valence-corrected chi connectivity index (χ0v) is 17.2. The molecule has 1 saturated heterocycles. The summed E-state index contributed by atoms with van der Waals surface area (Å²) >= 11 is 0. The van der Waals surface area contributed by atoms with Gasteiger partial charge in [0.25, 0.3) is 0 Å². The summed E-state index contributed by atoms with van der Waals surface area (Å²) in [4.78, 5) is 12.5. The third-order valence-corrected chi connectivity index (χ3v) is 9.86. The van der Waals surface area contributed by atoms with Gasteiger partial charge >= 0.3 is 0 Å². The second-order valence-electron chi connectivity index (χ2n) is 8.18. The minimum Gasteiger partial charge on any atom is -0.479 e. The number of fused-ring (bicyclic) bond motifs is 1. The van der Waals surface area contributed by atoms with Gasteiger partial charge in [-0.2, -0.15) is 4.98 Å². The van der Waals surface area contributed by atoms with Crippen LogP contribution in [0.2, 0.25) is 18.1 Å². The molecule has 0 N–H and O–H groups in total. The van der Waals surface area contributed by atoms with E-state index in [0.717, 1.165) is 0 Å². The van der Waals surface area contributed by atoms with Gasteiger partial charge in [0, 0.05) is 6.42 Å². The average molecular weight is 383 g/mol. The lowest BCUT2D eigenvalue weighted by atomic mass is 10.2. The van der Waals surface area contributed by atoms with Gasteiger partial charge in [0.2, 0.25) is 5.88 Å². The Hall–Kier alpha value is -1.58. The molecule has 0 radical (unpaired) electrons. The second kappa shape index (κ2) is 6.86.